The second-order valence-corrected chi connectivity index (χ2v) is 13.5. The maximum atomic E-state index is 13.5. The molecule has 0 aliphatic heterocycles. The van der Waals surface area contributed by atoms with Gasteiger partial charge in [-0.1, -0.05) is 13.8 Å². The Morgan fingerprint density at radius 1 is 0.508 bits per heavy atom. The second-order valence-electron chi connectivity index (χ2n) is 13.5. The number of amides is 7. The summed E-state index contributed by atoms with van der Waals surface area (Å²) in [5.74, 6) is -12.1. The first kappa shape index (κ1) is 55.5. The van der Waals surface area contributed by atoms with Crippen LogP contribution >= 0.6 is 0 Å². The van der Waals surface area contributed by atoms with Crippen LogP contribution in [0.25, 0.3) is 0 Å². The van der Waals surface area contributed by atoms with Crippen LogP contribution < -0.4 is 37.2 Å². The number of rotatable bonds is 35. The maximum Gasteiger partial charge on any atom is 0.305 e. The second kappa shape index (κ2) is 32.3. The summed E-state index contributed by atoms with van der Waals surface area (Å²) in [5.41, 5.74) is 0. The summed E-state index contributed by atoms with van der Waals surface area (Å²) in [6.45, 7) is 5.38. The zero-order valence-corrected chi connectivity index (χ0v) is 34.7. The summed E-state index contributed by atoms with van der Waals surface area (Å²) >= 11 is 0. The van der Waals surface area contributed by atoms with Crippen LogP contribution in [0.4, 0.5) is 4.39 Å². The lowest BCUT2D eigenvalue weighted by Crippen LogP contribution is -2.60. The van der Waals surface area contributed by atoms with E-state index in [0.717, 1.165) is 0 Å². The number of ether oxygens (including phenoxy) is 4. The van der Waals surface area contributed by atoms with Crippen molar-refractivity contribution >= 4 is 59.3 Å². The number of halogens is 1. The zero-order valence-electron chi connectivity index (χ0n) is 34.7. The lowest BCUT2D eigenvalue weighted by molar-refractivity contribution is -0.142. The molecule has 24 nitrogen and oxygen atoms in total. The molecule has 5 atom stereocenters. The molecule has 348 valence electrons. The van der Waals surface area contributed by atoms with Gasteiger partial charge in [-0.25, -0.2) is 4.39 Å². The molecule has 10 N–H and O–H groups in total. The molecule has 3 unspecified atom stereocenters. The molecule has 0 aromatic heterocycles. The Morgan fingerprint density at radius 3 is 1.52 bits per heavy atom. The number of aliphatic carboxylic acids is 3. The van der Waals surface area contributed by atoms with Gasteiger partial charge in [-0.05, 0) is 19.3 Å². The van der Waals surface area contributed by atoms with Gasteiger partial charge in [-0.3, -0.25) is 47.9 Å². The highest BCUT2D eigenvalue weighted by molar-refractivity contribution is 5.98. The van der Waals surface area contributed by atoms with Crippen molar-refractivity contribution in [2.24, 2.45) is 5.92 Å². The van der Waals surface area contributed by atoms with E-state index in [0.29, 0.717) is 26.4 Å². The quantitative estimate of drug-likeness (QED) is 0.0277. The lowest BCUT2D eigenvalue weighted by Gasteiger charge is -2.28. The van der Waals surface area contributed by atoms with Crippen LogP contribution in [0.5, 0.6) is 0 Å². The van der Waals surface area contributed by atoms with Crippen LogP contribution in [0.2, 0.25) is 0 Å². The first-order valence-electron chi connectivity index (χ1n) is 19.3. The summed E-state index contributed by atoms with van der Waals surface area (Å²) in [4.78, 5) is 124. The predicted molar refractivity (Wildman–Crippen MR) is 207 cm³/mol. The van der Waals surface area contributed by atoms with Crippen LogP contribution in [0.3, 0.4) is 0 Å². The van der Waals surface area contributed by atoms with Crippen molar-refractivity contribution in [3.63, 3.8) is 0 Å². The van der Waals surface area contributed by atoms with E-state index in [2.05, 4.69) is 37.2 Å². The number of hydrogen-bond donors (Lipinski definition) is 10. The topological polar surface area (TPSA) is 353 Å². The number of carbonyl (C=O) groups excluding carboxylic acids is 7. The minimum atomic E-state index is -1.82. The van der Waals surface area contributed by atoms with E-state index in [1.54, 1.807) is 7.11 Å². The van der Waals surface area contributed by atoms with Crippen molar-refractivity contribution in [1.29, 1.82) is 0 Å². The molecule has 25 heteroatoms. The molecule has 0 saturated heterocycles. The Labute approximate surface area is 351 Å². The van der Waals surface area contributed by atoms with E-state index >= 15 is 0 Å². The van der Waals surface area contributed by atoms with Crippen LogP contribution in [0, 0.1) is 5.92 Å². The molecule has 0 heterocycles. The first-order valence-corrected chi connectivity index (χ1v) is 19.3. The van der Waals surface area contributed by atoms with E-state index in [9.17, 15) is 67.7 Å². The molecular formula is C36H60FN7O17. The van der Waals surface area contributed by atoms with Gasteiger partial charge in [0, 0.05) is 39.5 Å². The van der Waals surface area contributed by atoms with E-state index in [-0.39, 0.29) is 32.9 Å². The van der Waals surface area contributed by atoms with Gasteiger partial charge in [0.25, 0.3) is 0 Å². The largest absolute Gasteiger partial charge is 0.481 e. The van der Waals surface area contributed by atoms with Gasteiger partial charge in [0.2, 0.25) is 41.4 Å². The van der Waals surface area contributed by atoms with Crippen molar-refractivity contribution in [3.05, 3.63) is 0 Å². The van der Waals surface area contributed by atoms with Gasteiger partial charge in [0.05, 0.1) is 59.1 Å². The molecule has 0 bridgehead atoms. The average molecular weight is 882 g/mol. The molecule has 7 amide bonds. The highest BCUT2D eigenvalue weighted by atomic mass is 19.1. The summed E-state index contributed by atoms with van der Waals surface area (Å²) in [5, 5.41) is 43.9. The molecule has 0 saturated carbocycles. The number of carbonyl (C=O) groups is 10. The third-order valence-corrected chi connectivity index (χ3v) is 8.04. The Hall–Kier alpha value is -5.53. The minimum absolute atomic E-state index is 0.0522. The molecule has 0 fully saturated rings. The number of hydrogen-bond acceptors (Lipinski definition) is 14. The van der Waals surface area contributed by atoms with Crippen LogP contribution in [-0.2, 0) is 66.9 Å². The highest BCUT2D eigenvalue weighted by Gasteiger charge is 2.34. The molecule has 0 aromatic rings. The minimum Gasteiger partial charge on any atom is -0.481 e. The Kier molecular flexibility index (Phi) is 29.3. The van der Waals surface area contributed by atoms with Crippen LogP contribution in [0.1, 0.15) is 59.3 Å². The molecule has 0 spiro atoms. The fourth-order valence-electron chi connectivity index (χ4n) is 4.86. The van der Waals surface area contributed by atoms with Crippen molar-refractivity contribution < 1.29 is 86.6 Å². The number of alkyl halides is 1. The van der Waals surface area contributed by atoms with Gasteiger partial charge in [0.15, 0.2) is 0 Å². The van der Waals surface area contributed by atoms with E-state index < -0.39 is 141 Å². The fraction of sp³-hybridized carbons (Fsp3) is 0.722. The molecule has 0 aliphatic rings. The fourth-order valence-corrected chi connectivity index (χ4v) is 4.86. The van der Waals surface area contributed by atoms with Gasteiger partial charge in [-0.15, -0.1) is 0 Å². The summed E-state index contributed by atoms with van der Waals surface area (Å²) in [7, 11) is 1.56. The van der Waals surface area contributed by atoms with Crippen molar-refractivity contribution in [2.75, 3.05) is 73.1 Å². The number of carboxylic acid groups (broad SMARTS) is 3. The monoisotopic (exact) mass is 881 g/mol. The Balaban J connectivity index is 5.57. The van der Waals surface area contributed by atoms with E-state index in [1.807, 2.05) is 0 Å². The zero-order chi connectivity index (χ0) is 46.3. The smallest absolute Gasteiger partial charge is 0.305 e. The van der Waals surface area contributed by atoms with Crippen LogP contribution in [-0.4, -0.2) is 178 Å². The van der Waals surface area contributed by atoms with Crippen molar-refractivity contribution in [1.82, 2.24) is 37.2 Å². The number of methoxy groups -OCH3 is 1. The summed E-state index contributed by atoms with van der Waals surface area (Å²) in [6, 6.07) is -8.04. The molecule has 0 aromatic carbocycles. The van der Waals surface area contributed by atoms with Gasteiger partial charge in [0.1, 0.15) is 36.9 Å². The molecule has 61 heavy (non-hydrogen) atoms. The van der Waals surface area contributed by atoms with Crippen molar-refractivity contribution in [2.45, 2.75) is 89.5 Å². The average Bonchev–Trinajstić information content (AvgIpc) is 3.18. The van der Waals surface area contributed by atoms with Crippen molar-refractivity contribution in [3.8, 4) is 0 Å². The predicted octanol–water partition coefficient (Wildman–Crippen LogP) is -3.42. The van der Waals surface area contributed by atoms with E-state index in [4.69, 9.17) is 18.9 Å². The highest BCUT2D eigenvalue weighted by Crippen LogP contribution is 2.08. The normalized spacial score (nSPS) is 13.3. The van der Waals surface area contributed by atoms with Gasteiger partial charge >= 0.3 is 17.9 Å². The Bertz CT molecular complexity index is 1450. The van der Waals surface area contributed by atoms with Gasteiger partial charge in [-0.2, -0.15) is 0 Å². The molecule has 0 radical (unpaired) electrons. The lowest BCUT2D eigenvalue weighted by atomic mass is 10.0. The maximum absolute atomic E-state index is 13.5. The number of carboxylic acids is 3. The SMILES string of the molecule is COCCOCCOCCOCCNC(=O)[C@H](C)NC(=O)C(CC(=O)O)NC(=O)C(NC(=O)C(CCC(=O)O)NC(=O)[C@H](CC(=O)O)NC(=O)CCC(=O)NCCF)C(C)C. The third kappa shape index (κ3) is 27.0. The summed E-state index contributed by atoms with van der Waals surface area (Å²) < 4.78 is 33.1. The molecular weight excluding hydrogens is 821 g/mol. The first-order chi connectivity index (χ1) is 28.8. The molecule has 0 aliphatic carbocycles. The van der Waals surface area contributed by atoms with Gasteiger partial charge < -0.3 is 71.5 Å². The third-order valence-electron chi connectivity index (χ3n) is 8.04. The summed E-state index contributed by atoms with van der Waals surface area (Å²) in [6.07, 6.45) is -4.19. The van der Waals surface area contributed by atoms with Crippen LogP contribution in [0.15, 0.2) is 0 Å². The standard InChI is InChI=1S/C36H60FN7O17/c1-21(2)31(44-33(54)23(5-8-28(47)48)42-35(56)24(19-29(49)50)41-27(46)7-6-26(45)38-10-9-37)36(57)43-25(20-30(51)52)34(55)40-22(3)32(53)39-11-12-59-15-16-61-18-17-60-14-13-58-4/h21-25,31H,5-20H2,1-4H3,(H,38,45)(H,39,53)(H,40,55)(H,41,46)(H,42,56)(H,43,57)(H,44,54)(H,47,48)(H,49,50)(H,51,52)/t22-,23?,24-,25?,31?/m0/s1. The Morgan fingerprint density at radius 2 is 1.00 bits per heavy atom. The molecule has 0 rings (SSSR count). The number of nitrogens with one attached hydrogen (secondary N) is 7. The van der Waals surface area contributed by atoms with E-state index in [1.165, 1.54) is 20.8 Å².